The lowest BCUT2D eigenvalue weighted by Gasteiger charge is -2.26. The molecule has 2 rings (SSSR count). The Morgan fingerprint density at radius 2 is 1.50 bits per heavy atom. The summed E-state index contributed by atoms with van der Waals surface area (Å²) in [5, 5.41) is 6.81. The summed E-state index contributed by atoms with van der Waals surface area (Å²) in [5.74, 6) is 2.54. The zero-order valence-electron chi connectivity index (χ0n) is 17.5. The van der Waals surface area contributed by atoms with Crippen LogP contribution in [0.2, 0.25) is 0 Å². The first kappa shape index (κ1) is 21.6. The Balaban J connectivity index is 1.85. The van der Waals surface area contributed by atoms with E-state index < -0.39 is 0 Å². The van der Waals surface area contributed by atoms with Crippen molar-refractivity contribution in [2.45, 2.75) is 12.5 Å². The summed E-state index contributed by atoms with van der Waals surface area (Å²) in [6.07, 6.45) is 0.917. The van der Waals surface area contributed by atoms with Crippen molar-refractivity contribution in [1.82, 2.24) is 15.5 Å². The number of benzene rings is 2. The van der Waals surface area contributed by atoms with Crippen LogP contribution in [-0.4, -0.2) is 59.3 Å². The molecule has 6 nitrogen and oxygen atoms in total. The van der Waals surface area contributed by atoms with Crippen LogP contribution >= 0.6 is 0 Å². The fourth-order valence-electron chi connectivity index (χ4n) is 2.96. The number of hydrogen-bond donors (Lipinski definition) is 2. The molecule has 2 N–H and O–H groups in total. The average molecular weight is 385 g/mol. The van der Waals surface area contributed by atoms with Gasteiger partial charge in [-0.25, -0.2) is 0 Å². The quantitative estimate of drug-likeness (QED) is 0.514. The first-order valence-corrected chi connectivity index (χ1v) is 9.45. The van der Waals surface area contributed by atoms with Crippen LogP contribution in [0.15, 0.2) is 53.5 Å². The summed E-state index contributed by atoms with van der Waals surface area (Å²) in [7, 11) is 9.31. The molecule has 2 aromatic rings. The van der Waals surface area contributed by atoms with E-state index in [0.717, 1.165) is 37.0 Å². The number of likely N-dealkylation sites (N-methyl/N-ethyl adjacent to an activating group) is 1. The first-order valence-electron chi connectivity index (χ1n) is 9.45. The zero-order chi connectivity index (χ0) is 20.4. The van der Waals surface area contributed by atoms with E-state index in [-0.39, 0.29) is 6.04 Å². The molecule has 2 aromatic carbocycles. The molecule has 0 amide bonds. The molecule has 0 aliphatic carbocycles. The molecular formula is C22H32N4O2. The van der Waals surface area contributed by atoms with E-state index in [0.29, 0.717) is 0 Å². The summed E-state index contributed by atoms with van der Waals surface area (Å²) >= 11 is 0. The highest BCUT2D eigenvalue weighted by Gasteiger charge is 2.14. The van der Waals surface area contributed by atoms with Crippen molar-refractivity contribution in [3.05, 3.63) is 59.7 Å². The normalized spacial score (nSPS) is 12.6. The van der Waals surface area contributed by atoms with E-state index in [1.165, 1.54) is 11.1 Å². The molecule has 0 aliphatic rings. The fourth-order valence-corrected chi connectivity index (χ4v) is 2.96. The molecular weight excluding hydrogens is 352 g/mol. The van der Waals surface area contributed by atoms with Gasteiger partial charge in [0.2, 0.25) is 0 Å². The van der Waals surface area contributed by atoms with Gasteiger partial charge in [-0.1, -0.05) is 24.3 Å². The average Bonchev–Trinajstić information content (AvgIpc) is 2.73. The van der Waals surface area contributed by atoms with Gasteiger partial charge in [-0.3, -0.25) is 4.99 Å². The molecule has 0 saturated heterocycles. The largest absolute Gasteiger partial charge is 0.497 e. The minimum atomic E-state index is 0.228. The smallest absolute Gasteiger partial charge is 0.191 e. The van der Waals surface area contributed by atoms with Gasteiger partial charge in [0.1, 0.15) is 11.5 Å². The van der Waals surface area contributed by atoms with Gasteiger partial charge in [-0.2, -0.15) is 0 Å². The van der Waals surface area contributed by atoms with Crippen LogP contribution < -0.4 is 20.1 Å². The molecule has 152 valence electrons. The molecule has 0 bridgehead atoms. The number of guanidine groups is 1. The molecule has 0 aromatic heterocycles. The molecule has 0 spiro atoms. The Morgan fingerprint density at radius 3 is 2.00 bits per heavy atom. The molecule has 0 radical (unpaired) electrons. The second kappa shape index (κ2) is 11.2. The molecule has 1 unspecified atom stereocenters. The third kappa shape index (κ3) is 6.46. The van der Waals surface area contributed by atoms with Crippen LogP contribution in [0.25, 0.3) is 0 Å². The van der Waals surface area contributed by atoms with Crippen LogP contribution in [0.4, 0.5) is 0 Å². The lowest BCUT2D eigenvalue weighted by Crippen LogP contribution is -2.42. The summed E-state index contributed by atoms with van der Waals surface area (Å²) < 4.78 is 10.4. The highest BCUT2D eigenvalue weighted by Crippen LogP contribution is 2.20. The van der Waals surface area contributed by atoms with Crippen molar-refractivity contribution in [3.63, 3.8) is 0 Å². The van der Waals surface area contributed by atoms with Crippen molar-refractivity contribution < 1.29 is 9.47 Å². The maximum absolute atomic E-state index is 5.25. The Labute approximate surface area is 168 Å². The summed E-state index contributed by atoms with van der Waals surface area (Å²) in [6.45, 7) is 1.56. The third-order valence-electron chi connectivity index (χ3n) is 4.68. The van der Waals surface area contributed by atoms with Gasteiger partial charge >= 0.3 is 0 Å². The van der Waals surface area contributed by atoms with E-state index in [2.05, 4.69) is 58.9 Å². The molecule has 6 heteroatoms. The van der Waals surface area contributed by atoms with Crippen molar-refractivity contribution in [2.24, 2.45) is 4.99 Å². The van der Waals surface area contributed by atoms with Gasteiger partial charge in [-0.15, -0.1) is 0 Å². The number of ether oxygens (including phenoxy) is 2. The van der Waals surface area contributed by atoms with Crippen LogP contribution in [0.1, 0.15) is 17.2 Å². The van der Waals surface area contributed by atoms with E-state index in [9.17, 15) is 0 Å². The zero-order valence-corrected chi connectivity index (χ0v) is 17.5. The summed E-state index contributed by atoms with van der Waals surface area (Å²) in [6, 6.07) is 16.6. The molecule has 0 heterocycles. The predicted octanol–water partition coefficient (Wildman–Crippen LogP) is 2.71. The number of nitrogens with one attached hydrogen (secondary N) is 2. The van der Waals surface area contributed by atoms with Crippen LogP contribution in [0.5, 0.6) is 11.5 Å². The number of aliphatic imine (C=N–C) groups is 1. The lowest BCUT2D eigenvalue weighted by atomic mass is 10.1. The molecule has 28 heavy (non-hydrogen) atoms. The Kier molecular flexibility index (Phi) is 8.62. The maximum atomic E-state index is 5.25. The van der Waals surface area contributed by atoms with Gasteiger partial charge in [0.05, 0.1) is 20.3 Å². The fraction of sp³-hybridized carbons (Fsp3) is 0.409. The van der Waals surface area contributed by atoms with Crippen molar-refractivity contribution in [3.8, 4) is 11.5 Å². The number of rotatable bonds is 9. The van der Waals surface area contributed by atoms with Crippen LogP contribution in [0.3, 0.4) is 0 Å². The summed E-state index contributed by atoms with van der Waals surface area (Å²) in [4.78, 5) is 6.53. The monoisotopic (exact) mass is 384 g/mol. The van der Waals surface area contributed by atoms with Crippen LogP contribution in [0, 0.1) is 0 Å². The SMILES string of the molecule is CN=C(NCCc1ccc(OC)cc1)NCC(c1ccc(OC)cc1)N(C)C. The number of nitrogens with zero attached hydrogens (tertiary/aromatic N) is 2. The standard InChI is InChI=1S/C22H32N4O2/c1-23-22(24-15-14-17-6-10-19(27-4)11-7-17)25-16-21(26(2)3)18-8-12-20(28-5)13-9-18/h6-13,21H,14-16H2,1-5H3,(H2,23,24,25). The van der Waals surface area contributed by atoms with E-state index in [1.807, 2.05) is 24.3 Å². The van der Waals surface area contributed by atoms with Gasteiger partial charge in [0.15, 0.2) is 5.96 Å². The maximum Gasteiger partial charge on any atom is 0.191 e. The van der Waals surface area contributed by atoms with Crippen molar-refractivity contribution in [2.75, 3.05) is 48.5 Å². The Bertz CT molecular complexity index is 727. The minimum absolute atomic E-state index is 0.228. The highest BCUT2D eigenvalue weighted by molar-refractivity contribution is 5.79. The van der Waals surface area contributed by atoms with Gasteiger partial charge < -0.3 is 25.0 Å². The molecule has 0 fully saturated rings. The van der Waals surface area contributed by atoms with Crippen LogP contribution in [-0.2, 0) is 6.42 Å². The second-order valence-electron chi connectivity index (χ2n) is 6.73. The van der Waals surface area contributed by atoms with Gasteiger partial charge in [0, 0.05) is 20.1 Å². The first-order chi connectivity index (χ1) is 13.6. The molecule has 0 saturated carbocycles. The highest BCUT2D eigenvalue weighted by atomic mass is 16.5. The number of methoxy groups -OCH3 is 2. The topological polar surface area (TPSA) is 58.1 Å². The number of hydrogen-bond acceptors (Lipinski definition) is 4. The lowest BCUT2D eigenvalue weighted by molar-refractivity contribution is 0.298. The molecule has 0 aliphatic heterocycles. The predicted molar refractivity (Wildman–Crippen MR) is 115 cm³/mol. The summed E-state index contributed by atoms with van der Waals surface area (Å²) in [5.41, 5.74) is 2.49. The molecule has 1 atom stereocenters. The minimum Gasteiger partial charge on any atom is -0.497 e. The van der Waals surface area contributed by atoms with Gasteiger partial charge in [-0.05, 0) is 55.9 Å². The van der Waals surface area contributed by atoms with Crippen molar-refractivity contribution in [1.29, 1.82) is 0 Å². The Morgan fingerprint density at radius 1 is 0.929 bits per heavy atom. The Hall–Kier alpha value is -2.73. The van der Waals surface area contributed by atoms with E-state index >= 15 is 0 Å². The van der Waals surface area contributed by atoms with E-state index in [4.69, 9.17) is 9.47 Å². The third-order valence-corrected chi connectivity index (χ3v) is 4.68. The second-order valence-corrected chi connectivity index (χ2v) is 6.73. The van der Waals surface area contributed by atoms with Crippen molar-refractivity contribution >= 4 is 5.96 Å². The van der Waals surface area contributed by atoms with E-state index in [1.54, 1.807) is 21.3 Å². The van der Waals surface area contributed by atoms with Gasteiger partial charge in [0.25, 0.3) is 0 Å².